The minimum atomic E-state index is -0.319. The predicted molar refractivity (Wildman–Crippen MR) is 104 cm³/mol. The summed E-state index contributed by atoms with van der Waals surface area (Å²) < 4.78 is 11.3. The quantitative estimate of drug-likeness (QED) is 0.896. The SMILES string of the molecule is Cc1cc2c(c(=O)o1)C=C1CCN(C(C)CCc3ccc(O)cc3)C[C@@H]1O2. The minimum Gasteiger partial charge on any atom is -0.508 e. The first-order valence-electron chi connectivity index (χ1n) is 9.53. The fraction of sp³-hybridized carbons (Fsp3) is 0.409. The number of rotatable bonds is 4. The van der Waals surface area contributed by atoms with Crippen LogP contribution >= 0.6 is 0 Å². The summed E-state index contributed by atoms with van der Waals surface area (Å²) in [4.78, 5) is 14.5. The first-order chi connectivity index (χ1) is 13.0. The monoisotopic (exact) mass is 367 g/mol. The van der Waals surface area contributed by atoms with E-state index in [4.69, 9.17) is 9.15 Å². The molecule has 0 saturated carbocycles. The Bertz CT molecular complexity index is 913. The Kier molecular flexibility index (Phi) is 4.79. The number of hydrogen-bond acceptors (Lipinski definition) is 5. The second kappa shape index (κ2) is 7.24. The number of aryl methyl sites for hydroxylation is 2. The van der Waals surface area contributed by atoms with Crippen LogP contribution in [0, 0.1) is 6.92 Å². The average molecular weight is 367 g/mol. The van der Waals surface area contributed by atoms with Crippen molar-refractivity contribution < 1.29 is 14.3 Å². The summed E-state index contributed by atoms with van der Waals surface area (Å²) in [5, 5.41) is 9.40. The molecule has 142 valence electrons. The van der Waals surface area contributed by atoms with Gasteiger partial charge in [-0.3, -0.25) is 4.90 Å². The fourth-order valence-corrected chi connectivity index (χ4v) is 3.91. The Morgan fingerprint density at radius 2 is 2.07 bits per heavy atom. The second-order valence-electron chi connectivity index (χ2n) is 7.55. The number of benzene rings is 1. The molecule has 27 heavy (non-hydrogen) atoms. The lowest BCUT2D eigenvalue weighted by molar-refractivity contribution is 0.0958. The van der Waals surface area contributed by atoms with E-state index in [9.17, 15) is 9.90 Å². The Hall–Kier alpha value is -2.53. The van der Waals surface area contributed by atoms with Crippen LogP contribution in [0.3, 0.4) is 0 Å². The molecule has 0 aliphatic carbocycles. The van der Waals surface area contributed by atoms with E-state index in [1.807, 2.05) is 18.2 Å². The Balaban J connectivity index is 1.41. The largest absolute Gasteiger partial charge is 0.508 e. The van der Waals surface area contributed by atoms with Crippen molar-refractivity contribution >= 4 is 6.08 Å². The number of hydrogen-bond donors (Lipinski definition) is 1. The van der Waals surface area contributed by atoms with Crippen molar-refractivity contribution in [3.05, 3.63) is 63.2 Å². The molecule has 5 nitrogen and oxygen atoms in total. The van der Waals surface area contributed by atoms with E-state index in [0.29, 0.717) is 28.9 Å². The van der Waals surface area contributed by atoms with Gasteiger partial charge in [0, 0.05) is 25.2 Å². The van der Waals surface area contributed by atoms with Crippen LogP contribution in [0.4, 0.5) is 0 Å². The van der Waals surface area contributed by atoms with Crippen LogP contribution < -0.4 is 10.4 Å². The van der Waals surface area contributed by atoms with Crippen LogP contribution in [-0.2, 0) is 6.42 Å². The molecule has 2 aliphatic heterocycles. The summed E-state index contributed by atoms with van der Waals surface area (Å²) >= 11 is 0. The highest BCUT2D eigenvalue weighted by atomic mass is 16.5. The van der Waals surface area contributed by atoms with Crippen molar-refractivity contribution in [2.75, 3.05) is 13.1 Å². The third kappa shape index (κ3) is 3.78. The molecule has 0 radical (unpaired) electrons. The van der Waals surface area contributed by atoms with Gasteiger partial charge in [0.15, 0.2) is 0 Å². The number of nitrogens with zero attached hydrogens (tertiary/aromatic N) is 1. The fourth-order valence-electron chi connectivity index (χ4n) is 3.91. The molecule has 3 heterocycles. The summed E-state index contributed by atoms with van der Waals surface area (Å²) in [6.45, 7) is 5.82. The van der Waals surface area contributed by atoms with Gasteiger partial charge in [0.05, 0.1) is 0 Å². The number of piperidine rings is 1. The second-order valence-corrected chi connectivity index (χ2v) is 7.55. The molecule has 1 fully saturated rings. The average Bonchev–Trinajstić information content (AvgIpc) is 2.65. The van der Waals surface area contributed by atoms with Gasteiger partial charge in [-0.25, -0.2) is 4.79 Å². The van der Waals surface area contributed by atoms with E-state index in [2.05, 4.69) is 11.8 Å². The zero-order valence-corrected chi connectivity index (χ0v) is 15.8. The third-order valence-electron chi connectivity index (χ3n) is 5.58. The summed E-state index contributed by atoms with van der Waals surface area (Å²) in [5.74, 6) is 1.52. The van der Waals surface area contributed by atoms with E-state index in [1.165, 1.54) is 11.1 Å². The van der Waals surface area contributed by atoms with E-state index >= 15 is 0 Å². The number of phenols is 1. The van der Waals surface area contributed by atoms with Crippen LogP contribution in [0.5, 0.6) is 11.5 Å². The third-order valence-corrected chi connectivity index (χ3v) is 5.58. The predicted octanol–water partition coefficient (Wildman–Crippen LogP) is 3.53. The van der Waals surface area contributed by atoms with Gasteiger partial charge in [0.2, 0.25) is 0 Å². The summed E-state index contributed by atoms with van der Waals surface area (Å²) in [6, 6.07) is 9.68. The molecule has 0 amide bonds. The smallest absolute Gasteiger partial charge is 0.346 e. The summed E-state index contributed by atoms with van der Waals surface area (Å²) in [6.07, 6.45) is 4.91. The van der Waals surface area contributed by atoms with Crippen molar-refractivity contribution in [2.45, 2.75) is 45.3 Å². The minimum absolute atomic E-state index is 0.00331. The van der Waals surface area contributed by atoms with Crippen LogP contribution in [0.25, 0.3) is 6.08 Å². The topological polar surface area (TPSA) is 62.9 Å². The number of phenolic OH excluding ortho intramolecular Hbond substituents is 1. The molecular weight excluding hydrogens is 342 g/mol. The number of aromatic hydroxyl groups is 1. The normalized spacial score (nSPS) is 20.2. The summed E-state index contributed by atoms with van der Waals surface area (Å²) in [7, 11) is 0. The molecule has 1 unspecified atom stereocenters. The van der Waals surface area contributed by atoms with Crippen molar-refractivity contribution in [3.8, 4) is 11.5 Å². The number of likely N-dealkylation sites (tertiary alicyclic amines) is 1. The van der Waals surface area contributed by atoms with Crippen molar-refractivity contribution in [3.63, 3.8) is 0 Å². The van der Waals surface area contributed by atoms with Gasteiger partial charge in [0.25, 0.3) is 0 Å². The van der Waals surface area contributed by atoms with Gasteiger partial charge >= 0.3 is 5.63 Å². The molecule has 4 rings (SSSR count). The maximum Gasteiger partial charge on any atom is 0.346 e. The molecule has 1 aromatic carbocycles. The first kappa shape index (κ1) is 17.9. The van der Waals surface area contributed by atoms with Gasteiger partial charge in [0.1, 0.15) is 28.9 Å². The lowest BCUT2D eigenvalue weighted by Gasteiger charge is -2.40. The Morgan fingerprint density at radius 1 is 1.30 bits per heavy atom. The molecule has 2 atom stereocenters. The molecule has 1 N–H and O–H groups in total. The van der Waals surface area contributed by atoms with Crippen molar-refractivity contribution in [2.24, 2.45) is 0 Å². The van der Waals surface area contributed by atoms with Crippen LogP contribution in [0.15, 0.2) is 45.1 Å². The summed E-state index contributed by atoms with van der Waals surface area (Å²) in [5.41, 5.74) is 2.64. The lowest BCUT2D eigenvalue weighted by atomic mass is 9.94. The maximum atomic E-state index is 12.1. The molecule has 2 aromatic rings. The van der Waals surface area contributed by atoms with Gasteiger partial charge in [-0.05, 0) is 62.5 Å². The van der Waals surface area contributed by atoms with Crippen molar-refractivity contribution in [1.29, 1.82) is 0 Å². The molecular formula is C22H25NO4. The van der Waals surface area contributed by atoms with E-state index < -0.39 is 0 Å². The highest BCUT2D eigenvalue weighted by Crippen LogP contribution is 2.33. The molecule has 0 spiro atoms. The van der Waals surface area contributed by atoms with Gasteiger partial charge in [-0.15, -0.1) is 0 Å². The number of fused-ring (bicyclic) bond motifs is 2. The highest BCUT2D eigenvalue weighted by Gasteiger charge is 2.32. The Morgan fingerprint density at radius 3 is 2.85 bits per heavy atom. The van der Waals surface area contributed by atoms with E-state index in [0.717, 1.165) is 32.4 Å². The van der Waals surface area contributed by atoms with E-state index in [-0.39, 0.29) is 11.7 Å². The molecule has 5 heteroatoms. The molecule has 0 bridgehead atoms. The molecule has 1 saturated heterocycles. The zero-order valence-electron chi connectivity index (χ0n) is 15.8. The van der Waals surface area contributed by atoms with Crippen LogP contribution in [0.2, 0.25) is 0 Å². The molecule has 2 aliphatic rings. The standard InChI is InChI=1S/C22H25NO4/c1-14(3-4-16-5-7-18(24)8-6-16)23-10-9-17-12-19-20(27-21(17)13-23)11-15(2)26-22(19)25/h5-8,11-12,14,21,24H,3-4,9-10,13H2,1-2H3/t14?,21-/m0/s1. The number of ether oxygens (including phenoxy) is 1. The zero-order chi connectivity index (χ0) is 19.0. The molecule has 1 aromatic heterocycles. The highest BCUT2D eigenvalue weighted by molar-refractivity contribution is 5.62. The Labute approximate surface area is 158 Å². The van der Waals surface area contributed by atoms with Crippen molar-refractivity contribution in [1.82, 2.24) is 4.90 Å². The van der Waals surface area contributed by atoms with E-state index in [1.54, 1.807) is 25.1 Å². The van der Waals surface area contributed by atoms with Crippen LogP contribution in [-0.4, -0.2) is 35.2 Å². The van der Waals surface area contributed by atoms with Crippen LogP contribution in [0.1, 0.15) is 36.7 Å². The van der Waals surface area contributed by atoms with Gasteiger partial charge in [-0.2, -0.15) is 0 Å². The van der Waals surface area contributed by atoms with Gasteiger partial charge in [-0.1, -0.05) is 12.1 Å². The maximum absolute atomic E-state index is 12.1. The first-order valence-corrected chi connectivity index (χ1v) is 9.53. The lowest BCUT2D eigenvalue weighted by Crippen LogP contribution is -2.47. The van der Waals surface area contributed by atoms with Gasteiger partial charge < -0.3 is 14.3 Å².